The van der Waals surface area contributed by atoms with E-state index in [9.17, 15) is 9.90 Å². The minimum absolute atomic E-state index is 0.0930. The third kappa shape index (κ3) is 2.25. The van der Waals surface area contributed by atoms with E-state index in [1.807, 2.05) is 6.92 Å². The van der Waals surface area contributed by atoms with Gasteiger partial charge < -0.3 is 15.2 Å². The molecule has 0 aliphatic heterocycles. The van der Waals surface area contributed by atoms with Gasteiger partial charge in [0.25, 0.3) is 0 Å². The van der Waals surface area contributed by atoms with Crippen LogP contribution in [0.4, 0.5) is 0 Å². The van der Waals surface area contributed by atoms with Gasteiger partial charge in [-0.15, -0.1) is 0 Å². The highest BCUT2D eigenvalue weighted by molar-refractivity contribution is 5.79. The lowest BCUT2D eigenvalue weighted by Gasteiger charge is -2.25. The minimum Gasteiger partial charge on any atom is -0.480 e. The monoisotopic (exact) mass is 201 g/mol. The summed E-state index contributed by atoms with van der Waals surface area (Å²) in [5.74, 6) is -0.745. The highest BCUT2D eigenvalue weighted by Gasteiger charge is 2.45. The molecular weight excluding hydrogens is 182 g/mol. The van der Waals surface area contributed by atoms with Gasteiger partial charge in [0.2, 0.25) is 0 Å². The number of aliphatic carboxylic acids is 1. The lowest BCUT2D eigenvalue weighted by molar-refractivity contribution is -0.145. The van der Waals surface area contributed by atoms with Crippen molar-refractivity contribution in [2.45, 2.75) is 44.2 Å². The standard InChI is InChI=1S/C10H19NO3/c1-3-6-11-10(9(12)13)5-4-8(7-10)14-2/h8,11H,3-7H2,1-2H3,(H,12,13). The number of carboxylic acid groups (broad SMARTS) is 1. The van der Waals surface area contributed by atoms with Crippen LogP contribution in [0, 0.1) is 0 Å². The SMILES string of the molecule is CCCNC1(C(=O)O)CCC(OC)C1. The second kappa shape index (κ2) is 4.75. The van der Waals surface area contributed by atoms with Gasteiger partial charge in [-0.2, -0.15) is 0 Å². The number of hydrogen-bond acceptors (Lipinski definition) is 3. The highest BCUT2D eigenvalue weighted by atomic mass is 16.5. The molecule has 0 amide bonds. The molecule has 14 heavy (non-hydrogen) atoms. The molecule has 1 aliphatic rings. The summed E-state index contributed by atoms with van der Waals surface area (Å²) in [6.07, 6.45) is 3.13. The summed E-state index contributed by atoms with van der Waals surface area (Å²) in [6.45, 7) is 2.79. The zero-order chi connectivity index (χ0) is 10.6. The van der Waals surface area contributed by atoms with E-state index < -0.39 is 11.5 Å². The number of rotatable bonds is 5. The molecule has 2 unspecified atom stereocenters. The number of ether oxygens (including phenoxy) is 1. The van der Waals surface area contributed by atoms with E-state index in [4.69, 9.17) is 4.74 Å². The molecule has 0 aromatic heterocycles. The van der Waals surface area contributed by atoms with E-state index in [2.05, 4.69) is 5.32 Å². The molecule has 1 rings (SSSR count). The van der Waals surface area contributed by atoms with E-state index in [0.717, 1.165) is 19.4 Å². The van der Waals surface area contributed by atoms with Crippen LogP contribution in [-0.4, -0.2) is 36.4 Å². The average molecular weight is 201 g/mol. The van der Waals surface area contributed by atoms with Gasteiger partial charge in [-0.3, -0.25) is 4.79 Å². The minimum atomic E-state index is -0.745. The van der Waals surface area contributed by atoms with Gasteiger partial charge in [-0.05, 0) is 25.8 Å². The van der Waals surface area contributed by atoms with Crippen LogP contribution in [0.5, 0.6) is 0 Å². The van der Waals surface area contributed by atoms with Crippen molar-refractivity contribution >= 4 is 5.97 Å². The Morgan fingerprint density at radius 3 is 2.86 bits per heavy atom. The molecular formula is C10H19NO3. The number of carboxylic acids is 1. The summed E-state index contributed by atoms with van der Waals surface area (Å²) in [5, 5.41) is 12.3. The number of carbonyl (C=O) groups is 1. The van der Waals surface area contributed by atoms with Gasteiger partial charge in [-0.1, -0.05) is 6.92 Å². The fourth-order valence-corrected chi connectivity index (χ4v) is 2.00. The fourth-order valence-electron chi connectivity index (χ4n) is 2.00. The summed E-state index contributed by atoms with van der Waals surface area (Å²) >= 11 is 0. The van der Waals surface area contributed by atoms with Crippen LogP contribution in [0.15, 0.2) is 0 Å². The van der Waals surface area contributed by atoms with Crippen LogP contribution in [0.3, 0.4) is 0 Å². The fraction of sp³-hybridized carbons (Fsp3) is 0.900. The van der Waals surface area contributed by atoms with Crippen molar-refractivity contribution in [3.8, 4) is 0 Å². The molecule has 2 atom stereocenters. The zero-order valence-electron chi connectivity index (χ0n) is 8.88. The average Bonchev–Trinajstić information content (AvgIpc) is 2.59. The highest BCUT2D eigenvalue weighted by Crippen LogP contribution is 2.31. The van der Waals surface area contributed by atoms with Gasteiger partial charge in [-0.25, -0.2) is 0 Å². The molecule has 0 bridgehead atoms. The molecule has 0 aromatic carbocycles. The third-order valence-electron chi connectivity index (χ3n) is 2.93. The molecule has 1 fully saturated rings. The first-order valence-electron chi connectivity index (χ1n) is 5.16. The van der Waals surface area contributed by atoms with Crippen LogP contribution < -0.4 is 5.32 Å². The Morgan fingerprint density at radius 2 is 2.43 bits per heavy atom. The van der Waals surface area contributed by atoms with Crippen molar-refractivity contribution in [2.75, 3.05) is 13.7 Å². The Bertz CT molecular complexity index is 208. The van der Waals surface area contributed by atoms with Crippen molar-refractivity contribution < 1.29 is 14.6 Å². The Balaban J connectivity index is 2.60. The number of methoxy groups -OCH3 is 1. The molecule has 1 aliphatic carbocycles. The topological polar surface area (TPSA) is 58.6 Å². The van der Waals surface area contributed by atoms with E-state index in [1.165, 1.54) is 0 Å². The second-order valence-electron chi connectivity index (χ2n) is 3.91. The molecule has 0 saturated heterocycles. The number of hydrogen-bond donors (Lipinski definition) is 2. The molecule has 82 valence electrons. The largest absolute Gasteiger partial charge is 0.480 e. The lowest BCUT2D eigenvalue weighted by atomic mass is 9.97. The van der Waals surface area contributed by atoms with Gasteiger partial charge in [0.15, 0.2) is 0 Å². The summed E-state index contributed by atoms with van der Waals surface area (Å²) < 4.78 is 5.19. The summed E-state index contributed by atoms with van der Waals surface area (Å²) in [6, 6.07) is 0. The Kier molecular flexibility index (Phi) is 3.89. The van der Waals surface area contributed by atoms with E-state index in [1.54, 1.807) is 7.11 Å². The van der Waals surface area contributed by atoms with Gasteiger partial charge in [0.05, 0.1) is 6.10 Å². The van der Waals surface area contributed by atoms with Crippen LogP contribution in [0.2, 0.25) is 0 Å². The maximum atomic E-state index is 11.2. The third-order valence-corrected chi connectivity index (χ3v) is 2.93. The van der Waals surface area contributed by atoms with Crippen molar-refractivity contribution in [3.05, 3.63) is 0 Å². The Hall–Kier alpha value is -0.610. The van der Waals surface area contributed by atoms with Crippen molar-refractivity contribution in [2.24, 2.45) is 0 Å². The molecule has 1 saturated carbocycles. The summed E-state index contributed by atoms with van der Waals surface area (Å²) in [5.41, 5.74) is -0.739. The Morgan fingerprint density at radius 1 is 1.71 bits per heavy atom. The smallest absolute Gasteiger partial charge is 0.323 e. The molecule has 0 spiro atoms. The predicted octanol–water partition coefficient (Wildman–Crippen LogP) is 1.01. The van der Waals surface area contributed by atoms with Gasteiger partial charge in [0.1, 0.15) is 5.54 Å². The van der Waals surface area contributed by atoms with Crippen LogP contribution in [0.25, 0.3) is 0 Å². The number of nitrogens with one attached hydrogen (secondary N) is 1. The van der Waals surface area contributed by atoms with E-state index in [-0.39, 0.29) is 6.10 Å². The molecule has 0 radical (unpaired) electrons. The van der Waals surface area contributed by atoms with Gasteiger partial charge in [0, 0.05) is 13.5 Å². The quantitative estimate of drug-likeness (QED) is 0.697. The van der Waals surface area contributed by atoms with E-state index >= 15 is 0 Å². The predicted molar refractivity (Wildman–Crippen MR) is 53.3 cm³/mol. The molecule has 4 heteroatoms. The second-order valence-corrected chi connectivity index (χ2v) is 3.91. The summed E-state index contributed by atoms with van der Waals surface area (Å²) in [4.78, 5) is 11.2. The first kappa shape index (κ1) is 11.5. The van der Waals surface area contributed by atoms with Crippen LogP contribution in [-0.2, 0) is 9.53 Å². The Labute approximate surface area is 84.6 Å². The zero-order valence-corrected chi connectivity index (χ0v) is 8.88. The van der Waals surface area contributed by atoms with Crippen LogP contribution in [0.1, 0.15) is 32.6 Å². The molecule has 4 nitrogen and oxygen atoms in total. The van der Waals surface area contributed by atoms with Crippen molar-refractivity contribution in [1.82, 2.24) is 5.32 Å². The first-order chi connectivity index (χ1) is 6.64. The normalized spacial score (nSPS) is 32.0. The maximum absolute atomic E-state index is 11.2. The first-order valence-corrected chi connectivity index (χ1v) is 5.16. The van der Waals surface area contributed by atoms with Gasteiger partial charge >= 0.3 is 5.97 Å². The molecule has 0 heterocycles. The molecule has 0 aromatic rings. The molecule has 2 N–H and O–H groups in total. The maximum Gasteiger partial charge on any atom is 0.323 e. The van der Waals surface area contributed by atoms with E-state index in [0.29, 0.717) is 12.8 Å². The van der Waals surface area contributed by atoms with Crippen LogP contribution >= 0.6 is 0 Å². The van der Waals surface area contributed by atoms with Crippen molar-refractivity contribution in [3.63, 3.8) is 0 Å². The summed E-state index contributed by atoms with van der Waals surface area (Å²) in [7, 11) is 1.64. The van der Waals surface area contributed by atoms with Crippen molar-refractivity contribution in [1.29, 1.82) is 0 Å². The lowest BCUT2D eigenvalue weighted by Crippen LogP contribution is -2.50.